The van der Waals surface area contributed by atoms with Gasteiger partial charge in [0.15, 0.2) is 0 Å². The van der Waals surface area contributed by atoms with Crippen LogP contribution in [0, 0.1) is 5.92 Å². The zero-order valence-electron chi connectivity index (χ0n) is 8.62. The van der Waals surface area contributed by atoms with Crippen molar-refractivity contribution in [1.29, 1.82) is 0 Å². The number of likely N-dealkylation sites (N-methyl/N-ethyl adjacent to an activating group) is 1. The molecule has 74 valence electrons. The lowest BCUT2D eigenvalue weighted by Gasteiger charge is -2.30. The van der Waals surface area contributed by atoms with Gasteiger partial charge in [-0.25, -0.2) is 0 Å². The Labute approximate surface area is 75.6 Å². The van der Waals surface area contributed by atoms with Crippen LogP contribution in [0.5, 0.6) is 0 Å². The topological polar surface area (TPSA) is 49.5 Å². The molecule has 0 spiro atoms. The summed E-state index contributed by atoms with van der Waals surface area (Å²) in [5.74, 6) is 0.620. The molecule has 0 aromatic heterocycles. The number of aliphatic hydroxyl groups is 1. The second-order valence-corrected chi connectivity index (χ2v) is 4.01. The van der Waals surface area contributed by atoms with Crippen molar-refractivity contribution in [3.05, 3.63) is 0 Å². The highest BCUT2D eigenvalue weighted by molar-refractivity contribution is 4.79. The third-order valence-corrected chi connectivity index (χ3v) is 2.08. The Bertz CT molecular complexity index is 115. The molecule has 0 heterocycles. The molecule has 3 heteroatoms. The van der Waals surface area contributed by atoms with Gasteiger partial charge in [-0.2, -0.15) is 0 Å². The second kappa shape index (κ2) is 5.51. The molecule has 0 aliphatic rings. The highest BCUT2D eigenvalue weighted by Gasteiger charge is 2.19. The van der Waals surface area contributed by atoms with Gasteiger partial charge in [0, 0.05) is 12.1 Å². The van der Waals surface area contributed by atoms with Crippen LogP contribution >= 0.6 is 0 Å². The van der Waals surface area contributed by atoms with E-state index >= 15 is 0 Å². The van der Waals surface area contributed by atoms with Gasteiger partial charge in [-0.15, -0.1) is 0 Å². The molecule has 0 radical (unpaired) electrons. The lowest BCUT2D eigenvalue weighted by atomic mass is 9.97. The molecule has 0 bridgehead atoms. The Balaban J connectivity index is 4.03. The first-order valence-electron chi connectivity index (χ1n) is 4.51. The molecule has 3 N–H and O–H groups in total. The zero-order chi connectivity index (χ0) is 9.72. The summed E-state index contributed by atoms with van der Waals surface area (Å²) in [6, 6.07) is 0.164. The first kappa shape index (κ1) is 11.9. The van der Waals surface area contributed by atoms with Crippen LogP contribution in [0.15, 0.2) is 0 Å². The van der Waals surface area contributed by atoms with E-state index in [9.17, 15) is 0 Å². The van der Waals surface area contributed by atoms with Gasteiger partial charge in [0.25, 0.3) is 0 Å². The number of nitrogens with zero attached hydrogens (tertiary/aromatic N) is 1. The van der Waals surface area contributed by atoms with Crippen molar-refractivity contribution in [3.8, 4) is 0 Å². The molecule has 0 amide bonds. The third kappa shape index (κ3) is 4.04. The van der Waals surface area contributed by atoms with E-state index in [0.717, 1.165) is 6.42 Å². The molecule has 0 aromatic rings. The summed E-state index contributed by atoms with van der Waals surface area (Å²) < 4.78 is 0. The summed E-state index contributed by atoms with van der Waals surface area (Å²) in [4.78, 5) is 2.08. The maximum absolute atomic E-state index is 8.92. The Hall–Kier alpha value is -0.120. The average molecular weight is 174 g/mol. The fraction of sp³-hybridized carbons (Fsp3) is 1.00. The largest absolute Gasteiger partial charge is 0.395 e. The highest BCUT2D eigenvalue weighted by Crippen LogP contribution is 2.11. The molecule has 0 saturated carbocycles. The highest BCUT2D eigenvalue weighted by atomic mass is 16.3. The summed E-state index contributed by atoms with van der Waals surface area (Å²) in [5, 5.41) is 8.92. The fourth-order valence-corrected chi connectivity index (χ4v) is 1.37. The van der Waals surface area contributed by atoms with Crippen molar-refractivity contribution in [3.63, 3.8) is 0 Å². The van der Waals surface area contributed by atoms with Gasteiger partial charge in [0.2, 0.25) is 0 Å². The van der Waals surface area contributed by atoms with Gasteiger partial charge < -0.3 is 15.7 Å². The third-order valence-electron chi connectivity index (χ3n) is 2.08. The Kier molecular flexibility index (Phi) is 5.46. The zero-order valence-corrected chi connectivity index (χ0v) is 8.62. The van der Waals surface area contributed by atoms with Crippen LogP contribution in [0.1, 0.15) is 20.3 Å². The van der Waals surface area contributed by atoms with Crippen LogP contribution in [-0.2, 0) is 0 Å². The quantitative estimate of drug-likeness (QED) is 0.629. The standard InChI is InChI=1S/C9H22N2O/c1-7(2)5-9(11(3)4)8(10)6-12/h7-9,12H,5-6,10H2,1-4H3. The minimum absolute atomic E-state index is 0.0650. The fourth-order valence-electron chi connectivity index (χ4n) is 1.37. The summed E-state index contributed by atoms with van der Waals surface area (Å²) in [5.41, 5.74) is 5.77. The van der Waals surface area contributed by atoms with Crippen molar-refractivity contribution < 1.29 is 5.11 Å². The molecule has 0 saturated heterocycles. The predicted molar refractivity (Wildman–Crippen MR) is 52.0 cm³/mol. The molecule has 0 aliphatic heterocycles. The molecular formula is C9H22N2O. The van der Waals surface area contributed by atoms with E-state index < -0.39 is 0 Å². The SMILES string of the molecule is CC(C)CC(C(N)CO)N(C)C. The van der Waals surface area contributed by atoms with Crippen LogP contribution in [0.3, 0.4) is 0 Å². The molecule has 0 aliphatic carbocycles. The van der Waals surface area contributed by atoms with E-state index in [1.165, 1.54) is 0 Å². The van der Waals surface area contributed by atoms with Gasteiger partial charge in [-0.1, -0.05) is 13.8 Å². The Morgan fingerprint density at radius 2 is 1.83 bits per heavy atom. The van der Waals surface area contributed by atoms with Crippen LogP contribution < -0.4 is 5.73 Å². The van der Waals surface area contributed by atoms with Gasteiger partial charge in [0.05, 0.1) is 6.61 Å². The summed E-state index contributed by atoms with van der Waals surface area (Å²) in [6.45, 7) is 4.40. The van der Waals surface area contributed by atoms with E-state index in [4.69, 9.17) is 10.8 Å². The molecule has 12 heavy (non-hydrogen) atoms. The minimum Gasteiger partial charge on any atom is -0.395 e. The molecular weight excluding hydrogens is 152 g/mol. The molecule has 2 atom stereocenters. The van der Waals surface area contributed by atoms with Crippen molar-refractivity contribution in [2.24, 2.45) is 11.7 Å². The number of nitrogens with two attached hydrogens (primary N) is 1. The lowest BCUT2D eigenvalue weighted by molar-refractivity contribution is 0.162. The molecule has 3 nitrogen and oxygen atoms in total. The van der Waals surface area contributed by atoms with Crippen molar-refractivity contribution in [2.75, 3.05) is 20.7 Å². The maximum atomic E-state index is 8.92. The average Bonchev–Trinajstić information content (AvgIpc) is 1.98. The molecule has 0 rings (SSSR count). The molecule has 2 unspecified atom stereocenters. The summed E-state index contributed by atoms with van der Waals surface area (Å²) >= 11 is 0. The van der Waals surface area contributed by atoms with Gasteiger partial charge in [0.1, 0.15) is 0 Å². The van der Waals surface area contributed by atoms with Crippen molar-refractivity contribution >= 4 is 0 Å². The monoisotopic (exact) mass is 174 g/mol. The Morgan fingerprint density at radius 1 is 1.33 bits per heavy atom. The van der Waals surface area contributed by atoms with Crippen LogP contribution in [0.4, 0.5) is 0 Å². The number of hydrogen-bond donors (Lipinski definition) is 2. The van der Waals surface area contributed by atoms with Gasteiger partial charge in [-0.05, 0) is 26.4 Å². The van der Waals surface area contributed by atoms with E-state index in [0.29, 0.717) is 5.92 Å². The minimum atomic E-state index is -0.123. The smallest absolute Gasteiger partial charge is 0.0597 e. The summed E-state index contributed by atoms with van der Waals surface area (Å²) in [7, 11) is 4.01. The molecule has 0 aromatic carbocycles. The van der Waals surface area contributed by atoms with E-state index in [1.807, 2.05) is 14.1 Å². The Morgan fingerprint density at radius 3 is 2.08 bits per heavy atom. The van der Waals surface area contributed by atoms with E-state index in [-0.39, 0.29) is 18.7 Å². The normalized spacial score (nSPS) is 17.0. The van der Waals surface area contributed by atoms with Crippen LogP contribution in [-0.4, -0.2) is 42.8 Å². The molecule has 0 fully saturated rings. The van der Waals surface area contributed by atoms with Gasteiger partial charge >= 0.3 is 0 Å². The lowest BCUT2D eigenvalue weighted by Crippen LogP contribution is -2.47. The number of hydrogen-bond acceptors (Lipinski definition) is 3. The number of aliphatic hydroxyl groups excluding tert-OH is 1. The van der Waals surface area contributed by atoms with Gasteiger partial charge in [-0.3, -0.25) is 0 Å². The van der Waals surface area contributed by atoms with E-state index in [2.05, 4.69) is 18.7 Å². The first-order valence-corrected chi connectivity index (χ1v) is 4.51. The maximum Gasteiger partial charge on any atom is 0.0597 e. The first-order chi connectivity index (χ1) is 5.49. The van der Waals surface area contributed by atoms with Crippen LogP contribution in [0.25, 0.3) is 0 Å². The summed E-state index contributed by atoms with van der Waals surface area (Å²) in [6.07, 6.45) is 1.04. The second-order valence-electron chi connectivity index (χ2n) is 4.01. The predicted octanol–water partition coefficient (Wildman–Crippen LogP) is 0.282. The number of rotatable bonds is 5. The van der Waals surface area contributed by atoms with Crippen molar-refractivity contribution in [1.82, 2.24) is 4.90 Å². The van der Waals surface area contributed by atoms with Crippen molar-refractivity contribution in [2.45, 2.75) is 32.4 Å². The van der Waals surface area contributed by atoms with E-state index in [1.54, 1.807) is 0 Å². The van der Waals surface area contributed by atoms with Crippen LogP contribution in [0.2, 0.25) is 0 Å².